The molecule has 1 unspecified atom stereocenters. The van der Waals surface area contributed by atoms with Gasteiger partial charge in [-0.15, -0.1) is 0 Å². The van der Waals surface area contributed by atoms with Gasteiger partial charge in [0.25, 0.3) is 0 Å². The average molecular weight is 302 g/mol. The van der Waals surface area contributed by atoms with E-state index < -0.39 is 0 Å². The molecule has 3 rings (SSSR count). The topological polar surface area (TPSA) is 12.0 Å². The summed E-state index contributed by atoms with van der Waals surface area (Å²) in [4.78, 5) is 0. The molecule has 1 nitrogen and oxygen atoms in total. The third-order valence-electron chi connectivity index (χ3n) is 3.69. The molecule has 2 aromatic carbocycles. The number of benzene rings is 2. The van der Waals surface area contributed by atoms with Gasteiger partial charge in [0.05, 0.1) is 0 Å². The third-order valence-corrected chi connectivity index (χ3v) is 4.74. The van der Waals surface area contributed by atoms with Crippen molar-refractivity contribution in [3.8, 4) is 0 Å². The molecule has 0 aromatic heterocycles. The number of hydrogen-bond acceptors (Lipinski definition) is 1. The van der Waals surface area contributed by atoms with Gasteiger partial charge in [-0.1, -0.05) is 36.4 Å². The van der Waals surface area contributed by atoms with E-state index in [0.29, 0.717) is 5.92 Å². The van der Waals surface area contributed by atoms with Crippen molar-refractivity contribution in [3.63, 3.8) is 0 Å². The van der Waals surface area contributed by atoms with Crippen LogP contribution in [0.1, 0.15) is 22.6 Å². The maximum atomic E-state index is 3.64. The van der Waals surface area contributed by atoms with Gasteiger partial charge in [-0.2, -0.15) is 0 Å². The lowest BCUT2D eigenvalue weighted by Crippen LogP contribution is -2.24. The van der Waals surface area contributed by atoms with E-state index in [0.717, 1.165) is 6.54 Å². The van der Waals surface area contributed by atoms with Crippen LogP contribution in [0.3, 0.4) is 0 Å². The van der Waals surface area contributed by atoms with Crippen molar-refractivity contribution in [2.75, 3.05) is 11.9 Å². The Morgan fingerprint density at radius 2 is 2.00 bits per heavy atom. The van der Waals surface area contributed by atoms with Gasteiger partial charge >= 0.3 is 0 Å². The Hall–Kier alpha value is -1.28. The maximum Gasteiger partial charge on any atom is 0.0487 e. The van der Waals surface area contributed by atoms with Crippen LogP contribution in [0.5, 0.6) is 0 Å². The minimum absolute atomic E-state index is 0.661. The van der Waals surface area contributed by atoms with E-state index >= 15 is 0 Å². The molecule has 1 atom stereocenters. The second kappa shape index (κ2) is 4.77. The maximum absolute atomic E-state index is 3.64. The van der Waals surface area contributed by atoms with E-state index in [-0.39, 0.29) is 0 Å². The van der Waals surface area contributed by atoms with E-state index in [1.165, 1.54) is 33.3 Å². The molecule has 1 aliphatic rings. The SMILES string of the molecule is Cc1cccc(NCC2Cc3ccccc32)c1Br. The van der Waals surface area contributed by atoms with Gasteiger partial charge in [0, 0.05) is 22.6 Å². The van der Waals surface area contributed by atoms with Gasteiger partial charge in [-0.3, -0.25) is 0 Å². The summed E-state index contributed by atoms with van der Waals surface area (Å²) in [5.74, 6) is 0.661. The largest absolute Gasteiger partial charge is 0.383 e. The van der Waals surface area contributed by atoms with Crippen molar-refractivity contribution in [1.82, 2.24) is 0 Å². The number of hydrogen-bond donors (Lipinski definition) is 1. The number of nitrogens with one attached hydrogen (secondary N) is 1. The molecule has 18 heavy (non-hydrogen) atoms. The summed E-state index contributed by atoms with van der Waals surface area (Å²) in [6.45, 7) is 3.13. The summed E-state index contributed by atoms with van der Waals surface area (Å²) in [6.07, 6.45) is 1.20. The molecular formula is C16H16BrN. The van der Waals surface area contributed by atoms with Crippen molar-refractivity contribution < 1.29 is 0 Å². The molecule has 0 fully saturated rings. The molecule has 92 valence electrons. The molecule has 0 amide bonds. The first-order valence-corrected chi connectivity index (χ1v) is 7.12. The zero-order valence-corrected chi connectivity index (χ0v) is 12.0. The van der Waals surface area contributed by atoms with Gasteiger partial charge in [0.2, 0.25) is 0 Å². The van der Waals surface area contributed by atoms with Crippen LogP contribution in [0.4, 0.5) is 5.69 Å². The van der Waals surface area contributed by atoms with Crippen LogP contribution in [-0.4, -0.2) is 6.54 Å². The van der Waals surface area contributed by atoms with Crippen molar-refractivity contribution >= 4 is 21.6 Å². The van der Waals surface area contributed by atoms with E-state index in [1.807, 2.05) is 0 Å². The quantitative estimate of drug-likeness (QED) is 0.879. The molecule has 2 heteroatoms. The Morgan fingerprint density at radius 3 is 2.83 bits per heavy atom. The number of aryl methyl sites for hydroxylation is 1. The molecule has 0 radical (unpaired) electrons. The number of anilines is 1. The van der Waals surface area contributed by atoms with Crippen molar-refractivity contribution in [1.29, 1.82) is 0 Å². The van der Waals surface area contributed by atoms with Crippen LogP contribution < -0.4 is 5.32 Å². The van der Waals surface area contributed by atoms with Crippen molar-refractivity contribution in [2.45, 2.75) is 19.3 Å². The highest BCUT2D eigenvalue weighted by molar-refractivity contribution is 9.10. The lowest BCUT2D eigenvalue weighted by Gasteiger charge is -2.30. The summed E-state index contributed by atoms with van der Waals surface area (Å²) >= 11 is 3.64. The molecule has 1 aliphatic carbocycles. The zero-order chi connectivity index (χ0) is 12.5. The molecular weight excluding hydrogens is 286 g/mol. The van der Waals surface area contributed by atoms with Crippen LogP contribution in [0.25, 0.3) is 0 Å². The first-order valence-electron chi connectivity index (χ1n) is 6.32. The Balaban J connectivity index is 1.69. The molecule has 0 bridgehead atoms. The summed E-state index contributed by atoms with van der Waals surface area (Å²) in [6, 6.07) is 15.1. The van der Waals surface area contributed by atoms with Crippen LogP contribution in [0.15, 0.2) is 46.9 Å². The molecule has 1 N–H and O–H groups in total. The lowest BCUT2D eigenvalue weighted by atomic mass is 9.77. The smallest absolute Gasteiger partial charge is 0.0487 e. The van der Waals surface area contributed by atoms with Gasteiger partial charge in [0.15, 0.2) is 0 Å². The van der Waals surface area contributed by atoms with E-state index in [1.54, 1.807) is 0 Å². The molecule has 0 saturated heterocycles. The van der Waals surface area contributed by atoms with Crippen LogP contribution in [-0.2, 0) is 6.42 Å². The predicted molar refractivity (Wildman–Crippen MR) is 80.3 cm³/mol. The second-order valence-corrected chi connectivity index (χ2v) is 5.71. The highest BCUT2D eigenvalue weighted by atomic mass is 79.9. The average Bonchev–Trinajstić information content (AvgIpc) is 2.35. The fourth-order valence-electron chi connectivity index (χ4n) is 2.56. The number of halogens is 1. The Morgan fingerprint density at radius 1 is 1.17 bits per heavy atom. The van der Waals surface area contributed by atoms with E-state index in [4.69, 9.17) is 0 Å². The second-order valence-electron chi connectivity index (χ2n) is 4.92. The van der Waals surface area contributed by atoms with Gasteiger partial charge in [-0.25, -0.2) is 0 Å². The van der Waals surface area contributed by atoms with Crippen LogP contribution >= 0.6 is 15.9 Å². The van der Waals surface area contributed by atoms with Gasteiger partial charge < -0.3 is 5.32 Å². The zero-order valence-electron chi connectivity index (χ0n) is 10.4. The fourth-order valence-corrected chi connectivity index (χ4v) is 2.97. The first-order chi connectivity index (χ1) is 8.75. The highest BCUT2D eigenvalue weighted by Crippen LogP contribution is 2.35. The van der Waals surface area contributed by atoms with Crippen LogP contribution in [0.2, 0.25) is 0 Å². The molecule has 0 aliphatic heterocycles. The summed E-state index contributed by atoms with van der Waals surface area (Å²) in [7, 11) is 0. The highest BCUT2D eigenvalue weighted by Gasteiger charge is 2.24. The fraction of sp³-hybridized carbons (Fsp3) is 0.250. The van der Waals surface area contributed by atoms with Crippen molar-refractivity contribution in [3.05, 3.63) is 63.6 Å². The molecule has 0 spiro atoms. The van der Waals surface area contributed by atoms with Gasteiger partial charge in [-0.05, 0) is 52.0 Å². The summed E-state index contributed by atoms with van der Waals surface area (Å²) < 4.78 is 1.18. The van der Waals surface area contributed by atoms with E-state index in [9.17, 15) is 0 Å². The summed E-state index contributed by atoms with van der Waals surface area (Å²) in [5, 5.41) is 3.55. The van der Waals surface area contributed by atoms with Gasteiger partial charge in [0.1, 0.15) is 0 Å². The minimum atomic E-state index is 0.661. The number of rotatable bonds is 3. The molecule has 0 saturated carbocycles. The standard InChI is InChI=1S/C16H16BrN/c1-11-5-4-8-15(16(11)17)18-10-13-9-12-6-2-3-7-14(12)13/h2-8,13,18H,9-10H2,1H3. The molecule has 2 aromatic rings. The Bertz CT molecular complexity index is 577. The monoisotopic (exact) mass is 301 g/mol. The Labute approximate surface area is 116 Å². The normalized spacial score (nSPS) is 16.9. The predicted octanol–water partition coefficient (Wildman–Crippen LogP) is 4.51. The van der Waals surface area contributed by atoms with E-state index in [2.05, 4.69) is 70.6 Å². The van der Waals surface area contributed by atoms with Crippen LogP contribution in [0, 0.1) is 6.92 Å². The third kappa shape index (κ3) is 2.05. The first kappa shape index (κ1) is 11.8. The lowest BCUT2D eigenvalue weighted by molar-refractivity contribution is 0.635. The molecule has 0 heterocycles. The number of fused-ring (bicyclic) bond motifs is 1. The van der Waals surface area contributed by atoms with Crippen molar-refractivity contribution in [2.24, 2.45) is 0 Å². The minimum Gasteiger partial charge on any atom is -0.383 e. The Kier molecular flexibility index (Phi) is 3.13. The summed E-state index contributed by atoms with van der Waals surface area (Å²) in [5.41, 5.74) is 5.48.